The maximum Gasteiger partial charge on any atom is 0.265 e. The molecule has 1 fully saturated rings. The van der Waals surface area contributed by atoms with Gasteiger partial charge in [0.2, 0.25) is 0 Å². The van der Waals surface area contributed by atoms with E-state index in [9.17, 15) is 9.59 Å². The minimum atomic E-state index is -0.529. The number of rotatable bonds is 7. The Hall–Kier alpha value is -2.67. The first-order valence-electron chi connectivity index (χ1n) is 8.25. The zero-order chi connectivity index (χ0) is 19.3. The van der Waals surface area contributed by atoms with Gasteiger partial charge in [-0.2, -0.15) is 0 Å². The van der Waals surface area contributed by atoms with Crippen LogP contribution in [0.15, 0.2) is 36.4 Å². The number of hydrogen-bond donors (Lipinski definition) is 1. The Balaban J connectivity index is 2.35. The van der Waals surface area contributed by atoms with E-state index in [4.69, 9.17) is 21.7 Å². The van der Waals surface area contributed by atoms with Crippen LogP contribution >= 0.6 is 12.2 Å². The van der Waals surface area contributed by atoms with E-state index in [2.05, 4.69) is 11.9 Å². The molecule has 1 aromatic rings. The number of hydrogen-bond acceptors (Lipinski definition) is 5. The van der Waals surface area contributed by atoms with Gasteiger partial charge >= 0.3 is 0 Å². The Bertz CT molecular complexity index is 773. The summed E-state index contributed by atoms with van der Waals surface area (Å²) in [6, 6.07) is 5.24. The summed E-state index contributed by atoms with van der Waals surface area (Å²) < 4.78 is 11.2. The van der Waals surface area contributed by atoms with Gasteiger partial charge in [0.1, 0.15) is 5.57 Å². The molecule has 0 unspecified atom stereocenters. The summed E-state index contributed by atoms with van der Waals surface area (Å²) in [6.45, 7) is 7.82. The smallest absolute Gasteiger partial charge is 0.265 e. The molecule has 1 saturated heterocycles. The molecular weight excluding hydrogens is 352 g/mol. The topological polar surface area (TPSA) is 67.9 Å². The van der Waals surface area contributed by atoms with Crippen molar-refractivity contribution in [2.24, 2.45) is 0 Å². The minimum Gasteiger partial charge on any atom is -0.493 e. The van der Waals surface area contributed by atoms with E-state index in [-0.39, 0.29) is 23.3 Å². The number of ether oxygens (including phenoxy) is 2. The molecule has 1 N–H and O–H groups in total. The summed E-state index contributed by atoms with van der Waals surface area (Å²) >= 11 is 5.03. The molecule has 1 aromatic carbocycles. The van der Waals surface area contributed by atoms with Crippen molar-refractivity contribution in [1.29, 1.82) is 0 Å². The highest BCUT2D eigenvalue weighted by atomic mass is 32.1. The molecule has 6 nitrogen and oxygen atoms in total. The first-order valence-corrected chi connectivity index (χ1v) is 8.66. The van der Waals surface area contributed by atoms with Crippen molar-refractivity contribution in [3.63, 3.8) is 0 Å². The van der Waals surface area contributed by atoms with Gasteiger partial charge in [-0.1, -0.05) is 19.1 Å². The minimum absolute atomic E-state index is 0.00176. The summed E-state index contributed by atoms with van der Waals surface area (Å²) in [5, 5.41) is 2.59. The summed E-state index contributed by atoms with van der Waals surface area (Å²) in [6.07, 6.45) is 3.96. The molecule has 0 bridgehead atoms. The van der Waals surface area contributed by atoms with E-state index in [0.29, 0.717) is 17.1 Å². The van der Waals surface area contributed by atoms with Crippen molar-refractivity contribution in [1.82, 2.24) is 10.2 Å². The lowest BCUT2D eigenvalue weighted by molar-refractivity contribution is -0.128. The van der Waals surface area contributed by atoms with E-state index in [1.807, 2.05) is 13.8 Å². The van der Waals surface area contributed by atoms with Crippen molar-refractivity contribution >= 4 is 35.2 Å². The number of nitrogens with zero attached hydrogens (tertiary/aromatic N) is 1. The van der Waals surface area contributed by atoms with Gasteiger partial charge in [-0.05, 0) is 49.3 Å². The Morgan fingerprint density at radius 1 is 1.35 bits per heavy atom. The summed E-state index contributed by atoms with van der Waals surface area (Å²) in [4.78, 5) is 26.0. The van der Waals surface area contributed by atoms with E-state index in [1.165, 1.54) is 11.0 Å². The first kappa shape index (κ1) is 19.7. The van der Waals surface area contributed by atoms with E-state index in [1.54, 1.807) is 31.4 Å². The first-order chi connectivity index (χ1) is 12.4. The summed E-state index contributed by atoms with van der Waals surface area (Å²) in [5.74, 6) is 0.149. The standard InChI is InChI=1S/C19H22N2O4S/c1-5-9-21-18(23)14(17(22)20-19(21)26)10-13-7-8-15(16(11-13)24-4)25-12(3)6-2/h5,7-8,10-12H,1,6,9H2,2-4H3,(H,20,22,26)/b14-10-/t12-/m1/s1. The molecule has 2 rings (SSSR count). The molecule has 0 aromatic heterocycles. The molecule has 7 heteroatoms. The number of nitrogens with one attached hydrogen (secondary N) is 1. The number of thiocarbonyl (C=S) groups is 1. The van der Waals surface area contributed by atoms with Gasteiger partial charge in [0.25, 0.3) is 11.8 Å². The van der Waals surface area contributed by atoms with Crippen LogP contribution in [0, 0.1) is 0 Å². The van der Waals surface area contributed by atoms with Crippen LogP contribution in [0.1, 0.15) is 25.8 Å². The Morgan fingerprint density at radius 2 is 2.08 bits per heavy atom. The van der Waals surface area contributed by atoms with Crippen LogP contribution in [0.5, 0.6) is 11.5 Å². The second kappa shape index (κ2) is 8.62. The van der Waals surface area contributed by atoms with Crippen LogP contribution in [0.2, 0.25) is 0 Å². The van der Waals surface area contributed by atoms with Crippen LogP contribution in [-0.4, -0.2) is 41.6 Å². The van der Waals surface area contributed by atoms with Gasteiger partial charge in [-0.15, -0.1) is 6.58 Å². The molecule has 0 saturated carbocycles. The average Bonchev–Trinajstić information content (AvgIpc) is 2.63. The number of methoxy groups -OCH3 is 1. The molecule has 2 amide bonds. The fourth-order valence-corrected chi connectivity index (χ4v) is 2.58. The van der Waals surface area contributed by atoms with Gasteiger partial charge < -0.3 is 9.47 Å². The third-order valence-corrected chi connectivity index (χ3v) is 4.22. The van der Waals surface area contributed by atoms with Crippen molar-refractivity contribution < 1.29 is 19.1 Å². The highest BCUT2D eigenvalue weighted by Crippen LogP contribution is 2.30. The van der Waals surface area contributed by atoms with E-state index in [0.717, 1.165) is 6.42 Å². The van der Waals surface area contributed by atoms with Crippen LogP contribution in [0.3, 0.4) is 0 Å². The third kappa shape index (κ3) is 4.29. The molecular formula is C19H22N2O4S. The second-order valence-corrected chi connectivity index (χ2v) is 6.16. The molecule has 1 heterocycles. The van der Waals surface area contributed by atoms with Crippen molar-refractivity contribution in [3.05, 3.63) is 42.0 Å². The second-order valence-electron chi connectivity index (χ2n) is 5.77. The van der Waals surface area contributed by atoms with E-state index >= 15 is 0 Å². The largest absolute Gasteiger partial charge is 0.493 e. The molecule has 0 radical (unpaired) electrons. The summed E-state index contributed by atoms with van der Waals surface area (Å²) in [5.41, 5.74) is 0.640. The molecule has 0 spiro atoms. The normalized spacial score (nSPS) is 17.1. The quantitative estimate of drug-likeness (QED) is 0.344. The van der Waals surface area contributed by atoms with Crippen LogP contribution < -0.4 is 14.8 Å². The van der Waals surface area contributed by atoms with Gasteiger partial charge in [0.05, 0.1) is 13.2 Å². The lowest BCUT2D eigenvalue weighted by Crippen LogP contribution is -2.53. The predicted molar refractivity (Wildman–Crippen MR) is 104 cm³/mol. The van der Waals surface area contributed by atoms with Gasteiger partial charge in [0.15, 0.2) is 16.6 Å². The van der Waals surface area contributed by atoms with Crippen LogP contribution in [0.4, 0.5) is 0 Å². The molecule has 138 valence electrons. The maximum absolute atomic E-state index is 12.6. The van der Waals surface area contributed by atoms with Crippen molar-refractivity contribution in [2.75, 3.05) is 13.7 Å². The summed E-state index contributed by atoms with van der Waals surface area (Å²) in [7, 11) is 1.54. The number of carbonyl (C=O) groups excluding carboxylic acids is 2. The van der Waals surface area contributed by atoms with Gasteiger partial charge in [-0.3, -0.25) is 19.8 Å². The fourth-order valence-electron chi connectivity index (χ4n) is 2.33. The Morgan fingerprint density at radius 3 is 2.69 bits per heavy atom. The van der Waals surface area contributed by atoms with Crippen molar-refractivity contribution in [2.45, 2.75) is 26.4 Å². The monoisotopic (exact) mass is 374 g/mol. The Kier molecular flexibility index (Phi) is 6.52. The van der Waals surface area contributed by atoms with Crippen LogP contribution in [0.25, 0.3) is 6.08 Å². The lowest BCUT2D eigenvalue weighted by Gasteiger charge is -2.27. The third-order valence-electron chi connectivity index (χ3n) is 3.90. The van der Waals surface area contributed by atoms with Gasteiger partial charge in [0, 0.05) is 6.54 Å². The molecule has 1 aliphatic rings. The number of benzene rings is 1. The number of carbonyl (C=O) groups is 2. The highest BCUT2D eigenvalue weighted by Gasteiger charge is 2.32. The lowest BCUT2D eigenvalue weighted by atomic mass is 10.1. The predicted octanol–water partition coefficient (Wildman–Crippen LogP) is 2.69. The maximum atomic E-state index is 12.6. The zero-order valence-corrected chi connectivity index (χ0v) is 15.9. The van der Waals surface area contributed by atoms with Gasteiger partial charge in [-0.25, -0.2) is 0 Å². The van der Waals surface area contributed by atoms with Crippen LogP contribution in [-0.2, 0) is 9.59 Å². The molecule has 1 atom stereocenters. The Labute approximate surface area is 158 Å². The SMILES string of the molecule is C=CCN1C(=O)/C(=C\c2ccc(O[C@H](C)CC)c(OC)c2)C(=O)NC1=S. The zero-order valence-electron chi connectivity index (χ0n) is 15.1. The fraction of sp³-hybridized carbons (Fsp3) is 0.316. The molecule has 26 heavy (non-hydrogen) atoms. The average molecular weight is 374 g/mol. The molecule has 0 aliphatic carbocycles. The highest BCUT2D eigenvalue weighted by molar-refractivity contribution is 7.80. The number of amides is 2. The molecule has 1 aliphatic heterocycles. The van der Waals surface area contributed by atoms with Crippen molar-refractivity contribution in [3.8, 4) is 11.5 Å². The van der Waals surface area contributed by atoms with E-state index < -0.39 is 11.8 Å².